The summed E-state index contributed by atoms with van der Waals surface area (Å²) in [5.74, 6) is 0. The molecule has 13 heavy (non-hydrogen) atoms. The molecule has 2 N–H and O–H groups in total. The molecule has 1 aromatic heterocycles. The first-order valence-electron chi connectivity index (χ1n) is 4.61. The van der Waals surface area contributed by atoms with Crippen LogP contribution in [0.15, 0.2) is 0 Å². The van der Waals surface area contributed by atoms with Gasteiger partial charge in [-0.25, -0.2) is 0 Å². The number of nitrogens with two attached hydrogens (primary N) is 1. The van der Waals surface area contributed by atoms with Crippen LogP contribution in [0, 0.1) is 19.3 Å². The van der Waals surface area contributed by atoms with Crippen molar-refractivity contribution in [1.82, 2.24) is 9.78 Å². The van der Waals surface area contributed by atoms with E-state index in [1.54, 1.807) is 0 Å². The van der Waals surface area contributed by atoms with Gasteiger partial charge in [0.25, 0.3) is 0 Å². The second kappa shape index (κ2) is 3.05. The first-order chi connectivity index (χ1) is 5.81. The predicted octanol–water partition coefficient (Wildman–Crippen LogP) is 2.13. The van der Waals surface area contributed by atoms with Gasteiger partial charge in [-0.3, -0.25) is 4.68 Å². The molecule has 0 saturated carbocycles. The van der Waals surface area contributed by atoms with Crippen molar-refractivity contribution < 1.29 is 0 Å². The predicted molar refractivity (Wildman–Crippen MR) is 55.6 cm³/mol. The van der Waals surface area contributed by atoms with Gasteiger partial charge in [0.1, 0.15) is 0 Å². The lowest BCUT2D eigenvalue weighted by atomic mass is 9.97. The molecule has 74 valence electrons. The van der Waals surface area contributed by atoms with Gasteiger partial charge in [0.15, 0.2) is 0 Å². The van der Waals surface area contributed by atoms with Crippen LogP contribution >= 0.6 is 0 Å². The number of rotatable bonds is 1. The molecule has 0 aromatic carbocycles. The fraction of sp³-hybridized carbons (Fsp3) is 0.700. The number of aryl methyl sites for hydroxylation is 1. The Bertz CT molecular complexity index is 305. The minimum absolute atomic E-state index is 0.246. The molecular weight excluding hydrogens is 162 g/mol. The van der Waals surface area contributed by atoms with Crippen LogP contribution < -0.4 is 5.73 Å². The van der Waals surface area contributed by atoms with E-state index in [1.165, 1.54) is 0 Å². The molecule has 0 radical (unpaired) electrons. The van der Waals surface area contributed by atoms with Gasteiger partial charge in [-0.15, -0.1) is 0 Å². The molecule has 0 aliphatic carbocycles. The third-order valence-electron chi connectivity index (χ3n) is 2.06. The zero-order valence-corrected chi connectivity index (χ0v) is 9.18. The van der Waals surface area contributed by atoms with Crippen molar-refractivity contribution in [3.05, 3.63) is 11.4 Å². The maximum absolute atomic E-state index is 5.84. The fourth-order valence-electron chi connectivity index (χ4n) is 1.31. The summed E-state index contributed by atoms with van der Waals surface area (Å²) in [6.07, 6.45) is 0. The van der Waals surface area contributed by atoms with Crippen molar-refractivity contribution in [2.24, 2.45) is 5.41 Å². The number of hydrogen-bond acceptors (Lipinski definition) is 2. The van der Waals surface area contributed by atoms with E-state index in [2.05, 4.69) is 25.9 Å². The van der Waals surface area contributed by atoms with Crippen LogP contribution in [0.25, 0.3) is 0 Å². The molecule has 1 heterocycles. The van der Waals surface area contributed by atoms with Gasteiger partial charge in [0.2, 0.25) is 0 Å². The Hall–Kier alpha value is -0.990. The van der Waals surface area contributed by atoms with Crippen molar-refractivity contribution in [3.8, 4) is 0 Å². The smallest absolute Gasteiger partial charge is 0.0825 e. The zero-order chi connectivity index (χ0) is 10.2. The van der Waals surface area contributed by atoms with Crippen molar-refractivity contribution in [2.75, 3.05) is 5.73 Å². The van der Waals surface area contributed by atoms with Crippen LogP contribution in [0.2, 0.25) is 0 Å². The molecule has 3 nitrogen and oxygen atoms in total. The Labute approximate surface area is 79.9 Å². The van der Waals surface area contributed by atoms with Crippen molar-refractivity contribution in [1.29, 1.82) is 0 Å². The lowest BCUT2D eigenvalue weighted by molar-refractivity contribution is 0.321. The summed E-state index contributed by atoms with van der Waals surface area (Å²) in [5.41, 5.74) is 8.92. The van der Waals surface area contributed by atoms with E-state index < -0.39 is 0 Å². The van der Waals surface area contributed by atoms with Crippen LogP contribution in [0.5, 0.6) is 0 Å². The molecule has 0 unspecified atom stereocenters. The molecule has 0 fully saturated rings. The topological polar surface area (TPSA) is 43.8 Å². The van der Waals surface area contributed by atoms with Crippen LogP contribution in [-0.2, 0) is 6.54 Å². The average Bonchev–Trinajstić information content (AvgIpc) is 2.15. The summed E-state index contributed by atoms with van der Waals surface area (Å²) >= 11 is 0. The Kier molecular flexibility index (Phi) is 2.37. The Morgan fingerprint density at radius 1 is 1.31 bits per heavy atom. The molecule has 3 heteroatoms. The average molecular weight is 181 g/mol. The van der Waals surface area contributed by atoms with Crippen LogP contribution in [0.1, 0.15) is 32.2 Å². The maximum atomic E-state index is 5.84. The van der Waals surface area contributed by atoms with E-state index in [4.69, 9.17) is 5.73 Å². The normalized spacial score (nSPS) is 12.1. The van der Waals surface area contributed by atoms with E-state index in [0.29, 0.717) is 0 Å². The molecule has 0 amide bonds. The molecule has 0 spiro atoms. The Morgan fingerprint density at radius 3 is 2.15 bits per heavy atom. The number of nitrogens with zero attached hydrogens (tertiary/aromatic N) is 2. The van der Waals surface area contributed by atoms with Gasteiger partial charge >= 0.3 is 0 Å². The first kappa shape index (κ1) is 10.1. The third-order valence-corrected chi connectivity index (χ3v) is 2.06. The van der Waals surface area contributed by atoms with E-state index >= 15 is 0 Å². The first-order valence-corrected chi connectivity index (χ1v) is 4.61. The van der Waals surface area contributed by atoms with Gasteiger partial charge in [0.05, 0.1) is 17.1 Å². The summed E-state index contributed by atoms with van der Waals surface area (Å²) in [6, 6.07) is 0. The van der Waals surface area contributed by atoms with Crippen LogP contribution in [0.4, 0.5) is 5.69 Å². The van der Waals surface area contributed by atoms with Gasteiger partial charge in [-0.05, 0) is 19.3 Å². The standard InChI is InChI=1S/C10H19N3/c1-7-9(11)8(2)13(12-7)6-10(3,4)5/h6,11H2,1-5H3. The van der Waals surface area contributed by atoms with E-state index in [0.717, 1.165) is 23.6 Å². The minimum Gasteiger partial charge on any atom is -0.396 e. The van der Waals surface area contributed by atoms with Gasteiger partial charge in [-0.2, -0.15) is 5.10 Å². The van der Waals surface area contributed by atoms with Crippen molar-refractivity contribution in [3.63, 3.8) is 0 Å². The molecule has 0 aliphatic heterocycles. The Balaban J connectivity index is 2.97. The van der Waals surface area contributed by atoms with Gasteiger partial charge in [0, 0.05) is 6.54 Å². The lowest BCUT2D eigenvalue weighted by Gasteiger charge is -2.18. The summed E-state index contributed by atoms with van der Waals surface area (Å²) in [6.45, 7) is 11.5. The highest BCUT2D eigenvalue weighted by atomic mass is 15.3. The third kappa shape index (κ3) is 2.23. The summed E-state index contributed by atoms with van der Waals surface area (Å²) in [7, 11) is 0. The monoisotopic (exact) mass is 181 g/mol. The second-order valence-corrected chi connectivity index (χ2v) is 4.80. The van der Waals surface area contributed by atoms with E-state index in [1.807, 2.05) is 18.5 Å². The number of nitrogen functional groups attached to an aromatic ring is 1. The summed E-state index contributed by atoms with van der Waals surface area (Å²) < 4.78 is 1.99. The molecular formula is C10H19N3. The molecule has 0 aliphatic rings. The highest BCUT2D eigenvalue weighted by Gasteiger charge is 2.15. The number of hydrogen-bond donors (Lipinski definition) is 1. The molecule has 0 atom stereocenters. The minimum atomic E-state index is 0.246. The SMILES string of the molecule is Cc1nn(CC(C)(C)C)c(C)c1N. The Morgan fingerprint density at radius 2 is 1.85 bits per heavy atom. The fourth-order valence-corrected chi connectivity index (χ4v) is 1.31. The lowest BCUT2D eigenvalue weighted by Crippen LogP contribution is -2.17. The van der Waals surface area contributed by atoms with E-state index in [9.17, 15) is 0 Å². The molecule has 0 saturated heterocycles. The van der Waals surface area contributed by atoms with Crippen molar-refractivity contribution in [2.45, 2.75) is 41.2 Å². The molecule has 1 aromatic rings. The van der Waals surface area contributed by atoms with Crippen molar-refractivity contribution >= 4 is 5.69 Å². The summed E-state index contributed by atoms with van der Waals surface area (Å²) in [5, 5.41) is 4.39. The van der Waals surface area contributed by atoms with Gasteiger partial charge in [-0.1, -0.05) is 20.8 Å². The number of aromatic nitrogens is 2. The quantitative estimate of drug-likeness (QED) is 0.721. The van der Waals surface area contributed by atoms with E-state index in [-0.39, 0.29) is 5.41 Å². The molecule has 0 bridgehead atoms. The van der Waals surface area contributed by atoms with Gasteiger partial charge < -0.3 is 5.73 Å². The van der Waals surface area contributed by atoms with Crippen LogP contribution in [0.3, 0.4) is 0 Å². The highest BCUT2D eigenvalue weighted by Crippen LogP contribution is 2.21. The zero-order valence-electron chi connectivity index (χ0n) is 9.18. The largest absolute Gasteiger partial charge is 0.396 e. The maximum Gasteiger partial charge on any atom is 0.0825 e. The number of anilines is 1. The second-order valence-electron chi connectivity index (χ2n) is 4.80. The highest BCUT2D eigenvalue weighted by molar-refractivity contribution is 5.46. The van der Waals surface area contributed by atoms with Crippen LogP contribution in [-0.4, -0.2) is 9.78 Å². The summed E-state index contributed by atoms with van der Waals surface area (Å²) in [4.78, 5) is 0. The molecule has 1 rings (SSSR count).